The highest BCUT2D eigenvalue weighted by atomic mass is 32.2. The van der Waals surface area contributed by atoms with Gasteiger partial charge in [0.15, 0.2) is 0 Å². The molecule has 0 atom stereocenters. The Bertz CT molecular complexity index is 574. The lowest BCUT2D eigenvalue weighted by molar-refractivity contribution is -0.123. The highest BCUT2D eigenvalue weighted by Gasteiger charge is 2.42. The van der Waals surface area contributed by atoms with Crippen molar-refractivity contribution in [3.05, 3.63) is 41.7 Å². The SMILES string of the molecule is CN1C(=O)C(O)=C(c2ccccc2)S1(=O)=O. The first-order valence-corrected chi connectivity index (χ1v) is 5.92. The molecule has 1 amide bonds. The van der Waals surface area contributed by atoms with Gasteiger partial charge in [-0.05, 0) is 5.56 Å². The summed E-state index contributed by atoms with van der Waals surface area (Å²) in [5.74, 6) is -1.63. The molecule has 1 aromatic rings. The molecule has 0 saturated heterocycles. The predicted molar refractivity (Wildman–Crippen MR) is 57.7 cm³/mol. The van der Waals surface area contributed by atoms with E-state index >= 15 is 0 Å². The van der Waals surface area contributed by atoms with Crippen molar-refractivity contribution in [3.8, 4) is 0 Å². The second kappa shape index (κ2) is 3.34. The molecule has 1 aromatic carbocycles. The summed E-state index contributed by atoms with van der Waals surface area (Å²) in [6, 6.07) is 8.03. The first-order chi connectivity index (χ1) is 7.46. The van der Waals surface area contributed by atoms with Crippen LogP contribution in [0.5, 0.6) is 0 Å². The number of likely N-dealkylation sites (N-methyl/N-ethyl adjacent to an activating group) is 1. The van der Waals surface area contributed by atoms with E-state index in [1.54, 1.807) is 18.2 Å². The number of nitrogens with zero attached hydrogens (tertiary/aromatic N) is 1. The molecular formula is C10H9NO4S. The molecule has 0 aromatic heterocycles. The van der Waals surface area contributed by atoms with Crippen LogP contribution in [0.1, 0.15) is 5.56 Å². The van der Waals surface area contributed by atoms with Gasteiger partial charge in [-0.15, -0.1) is 0 Å². The van der Waals surface area contributed by atoms with Crippen molar-refractivity contribution >= 4 is 20.8 Å². The Balaban J connectivity index is 2.70. The number of hydrogen-bond donors (Lipinski definition) is 1. The third-order valence-corrected chi connectivity index (χ3v) is 4.19. The number of aliphatic hydroxyl groups excluding tert-OH is 1. The van der Waals surface area contributed by atoms with Crippen LogP contribution in [0.4, 0.5) is 0 Å². The molecule has 1 aliphatic rings. The Morgan fingerprint density at radius 2 is 1.75 bits per heavy atom. The van der Waals surface area contributed by atoms with Gasteiger partial charge >= 0.3 is 5.91 Å². The van der Waals surface area contributed by atoms with Gasteiger partial charge in [-0.1, -0.05) is 30.3 Å². The number of hydrogen-bond acceptors (Lipinski definition) is 4. The molecule has 0 radical (unpaired) electrons. The molecule has 0 saturated carbocycles. The first kappa shape index (κ1) is 10.7. The topological polar surface area (TPSA) is 74.7 Å². The Hall–Kier alpha value is -1.82. The number of carbonyl (C=O) groups excluding carboxylic acids is 1. The van der Waals surface area contributed by atoms with E-state index in [-0.39, 0.29) is 4.91 Å². The van der Waals surface area contributed by atoms with Crippen molar-refractivity contribution in [2.45, 2.75) is 0 Å². The minimum absolute atomic E-state index is 0.303. The third kappa shape index (κ3) is 1.30. The van der Waals surface area contributed by atoms with Crippen molar-refractivity contribution in [2.24, 2.45) is 0 Å². The van der Waals surface area contributed by atoms with Crippen LogP contribution in [0.15, 0.2) is 36.1 Å². The lowest BCUT2D eigenvalue weighted by atomic mass is 10.2. The highest BCUT2D eigenvalue weighted by Crippen LogP contribution is 2.32. The van der Waals surface area contributed by atoms with E-state index in [2.05, 4.69) is 0 Å². The largest absolute Gasteiger partial charge is 0.502 e. The number of sulfonamides is 1. The van der Waals surface area contributed by atoms with Crippen LogP contribution in [0, 0.1) is 0 Å². The van der Waals surface area contributed by atoms with Crippen molar-refractivity contribution in [1.29, 1.82) is 0 Å². The molecule has 0 fully saturated rings. The summed E-state index contributed by atoms with van der Waals surface area (Å²) in [6.45, 7) is 0. The average Bonchev–Trinajstić information content (AvgIpc) is 2.41. The van der Waals surface area contributed by atoms with Crippen LogP contribution < -0.4 is 0 Å². The van der Waals surface area contributed by atoms with Crippen molar-refractivity contribution in [1.82, 2.24) is 4.31 Å². The standard InChI is InChI=1S/C10H9NO4S/c1-11-10(13)8(12)9(16(11,14)15)7-5-3-2-4-6-7/h2-6,12H,1H3. The van der Waals surface area contributed by atoms with Crippen LogP contribution in [-0.4, -0.2) is 30.8 Å². The fraction of sp³-hybridized carbons (Fsp3) is 0.100. The third-order valence-electron chi connectivity index (χ3n) is 2.36. The van der Waals surface area contributed by atoms with E-state index in [4.69, 9.17) is 0 Å². The van der Waals surface area contributed by atoms with E-state index in [0.29, 0.717) is 9.87 Å². The van der Waals surface area contributed by atoms with Gasteiger partial charge in [-0.2, -0.15) is 0 Å². The molecule has 1 aliphatic heterocycles. The normalized spacial score (nSPS) is 19.3. The summed E-state index contributed by atoms with van der Waals surface area (Å²) >= 11 is 0. The molecule has 0 bridgehead atoms. The van der Waals surface area contributed by atoms with Crippen molar-refractivity contribution in [3.63, 3.8) is 0 Å². The van der Waals surface area contributed by atoms with Crippen molar-refractivity contribution in [2.75, 3.05) is 7.05 Å². The molecule has 0 spiro atoms. The zero-order chi connectivity index (χ0) is 11.9. The van der Waals surface area contributed by atoms with E-state index in [0.717, 1.165) is 7.05 Å². The zero-order valence-corrected chi connectivity index (χ0v) is 9.23. The van der Waals surface area contributed by atoms with Gasteiger partial charge in [0.1, 0.15) is 4.91 Å². The van der Waals surface area contributed by atoms with Crippen LogP contribution in [0.2, 0.25) is 0 Å². The summed E-state index contributed by atoms with van der Waals surface area (Å²) in [5.41, 5.74) is 0.303. The molecule has 6 heteroatoms. The maximum atomic E-state index is 11.8. The Morgan fingerprint density at radius 3 is 2.19 bits per heavy atom. The van der Waals surface area contributed by atoms with E-state index in [1.807, 2.05) is 0 Å². The summed E-state index contributed by atoms with van der Waals surface area (Å²) < 4.78 is 24.1. The Kier molecular flexibility index (Phi) is 2.23. The minimum Gasteiger partial charge on any atom is -0.502 e. The Morgan fingerprint density at radius 1 is 1.19 bits per heavy atom. The molecule has 1 heterocycles. The quantitative estimate of drug-likeness (QED) is 0.783. The molecule has 84 valence electrons. The molecule has 0 unspecified atom stereocenters. The van der Waals surface area contributed by atoms with Crippen LogP contribution in [0.3, 0.4) is 0 Å². The Labute approximate surface area is 92.7 Å². The number of carbonyl (C=O) groups is 1. The van der Waals surface area contributed by atoms with Crippen LogP contribution in [0.25, 0.3) is 4.91 Å². The van der Waals surface area contributed by atoms with E-state index in [9.17, 15) is 18.3 Å². The van der Waals surface area contributed by atoms with E-state index in [1.165, 1.54) is 12.1 Å². The van der Waals surface area contributed by atoms with Gasteiger partial charge in [-0.3, -0.25) is 4.79 Å². The fourth-order valence-electron chi connectivity index (χ4n) is 1.49. The second-order valence-corrected chi connectivity index (χ2v) is 5.23. The molecule has 16 heavy (non-hydrogen) atoms. The maximum Gasteiger partial charge on any atom is 0.303 e. The molecular weight excluding hydrogens is 230 g/mol. The summed E-state index contributed by atoms with van der Waals surface area (Å²) in [4.78, 5) is 11.0. The first-order valence-electron chi connectivity index (χ1n) is 4.48. The average molecular weight is 239 g/mol. The van der Waals surface area contributed by atoms with Crippen molar-refractivity contribution < 1.29 is 18.3 Å². The number of benzene rings is 1. The summed E-state index contributed by atoms with van der Waals surface area (Å²) in [6.07, 6.45) is 0. The molecule has 0 aliphatic carbocycles. The zero-order valence-electron chi connectivity index (χ0n) is 8.41. The summed E-state index contributed by atoms with van der Waals surface area (Å²) in [7, 11) is -2.79. The molecule has 5 nitrogen and oxygen atoms in total. The van der Waals surface area contributed by atoms with Gasteiger partial charge in [0.25, 0.3) is 10.0 Å². The molecule has 2 rings (SSSR count). The van der Waals surface area contributed by atoms with Crippen LogP contribution >= 0.6 is 0 Å². The van der Waals surface area contributed by atoms with Gasteiger partial charge < -0.3 is 5.11 Å². The van der Waals surface area contributed by atoms with Crippen LogP contribution in [-0.2, 0) is 14.8 Å². The predicted octanol–water partition coefficient (Wildman–Crippen LogP) is 0.715. The van der Waals surface area contributed by atoms with E-state index < -0.39 is 21.7 Å². The number of rotatable bonds is 1. The van der Waals surface area contributed by atoms with Gasteiger partial charge in [0.2, 0.25) is 5.76 Å². The lowest BCUT2D eigenvalue weighted by Gasteiger charge is -2.08. The number of aliphatic hydroxyl groups is 1. The smallest absolute Gasteiger partial charge is 0.303 e. The van der Waals surface area contributed by atoms with Gasteiger partial charge in [0, 0.05) is 7.05 Å². The minimum atomic E-state index is -3.90. The lowest BCUT2D eigenvalue weighted by Crippen LogP contribution is -2.26. The van der Waals surface area contributed by atoms with Gasteiger partial charge in [-0.25, -0.2) is 12.7 Å². The highest BCUT2D eigenvalue weighted by molar-refractivity contribution is 7.99. The number of amides is 1. The monoisotopic (exact) mass is 239 g/mol. The van der Waals surface area contributed by atoms with Gasteiger partial charge in [0.05, 0.1) is 0 Å². The fourth-order valence-corrected chi connectivity index (χ4v) is 2.83. The second-order valence-electron chi connectivity index (χ2n) is 3.32. The maximum absolute atomic E-state index is 11.8. The summed E-state index contributed by atoms with van der Waals surface area (Å²) in [5, 5.41) is 9.53. The molecule has 1 N–H and O–H groups in total.